The van der Waals surface area contributed by atoms with E-state index in [0.29, 0.717) is 25.4 Å². The number of carbonyl (C=O) groups is 2. The molecule has 1 unspecified atom stereocenters. The van der Waals surface area contributed by atoms with Crippen LogP contribution in [0.4, 0.5) is 0 Å². The van der Waals surface area contributed by atoms with Gasteiger partial charge in [-0.1, -0.05) is 24.3 Å². The van der Waals surface area contributed by atoms with Crippen molar-refractivity contribution in [2.75, 3.05) is 19.7 Å². The van der Waals surface area contributed by atoms with E-state index < -0.39 is 5.97 Å². The van der Waals surface area contributed by atoms with Gasteiger partial charge in [0.2, 0.25) is 0 Å². The van der Waals surface area contributed by atoms with Crippen molar-refractivity contribution >= 4 is 23.2 Å². The maximum Gasteiger partial charge on any atom is 0.356 e. The zero-order valence-corrected chi connectivity index (χ0v) is 15.1. The molecule has 0 aliphatic carbocycles. The molecule has 8 heteroatoms. The van der Waals surface area contributed by atoms with Crippen molar-refractivity contribution < 1.29 is 19.4 Å². The van der Waals surface area contributed by atoms with Gasteiger partial charge in [-0.25, -0.2) is 9.48 Å². The molecular formula is C19H17N3O4S. The summed E-state index contributed by atoms with van der Waals surface area (Å²) in [6.07, 6.45) is -0.172. The summed E-state index contributed by atoms with van der Waals surface area (Å²) >= 11 is 1.59. The van der Waals surface area contributed by atoms with Gasteiger partial charge in [0.15, 0.2) is 5.69 Å². The highest BCUT2D eigenvalue weighted by molar-refractivity contribution is 7.10. The monoisotopic (exact) mass is 383 g/mol. The van der Waals surface area contributed by atoms with Gasteiger partial charge in [-0.05, 0) is 23.6 Å². The average molecular weight is 383 g/mol. The maximum absolute atomic E-state index is 13.2. The fraction of sp³-hybridized carbons (Fsp3) is 0.211. The molecular weight excluding hydrogens is 366 g/mol. The first-order valence-corrected chi connectivity index (χ1v) is 9.34. The number of thiophene rings is 1. The third-order valence-electron chi connectivity index (χ3n) is 4.36. The molecule has 0 radical (unpaired) electrons. The number of rotatable bonds is 4. The zero-order valence-electron chi connectivity index (χ0n) is 14.3. The van der Waals surface area contributed by atoms with Crippen LogP contribution in [0, 0.1) is 0 Å². The number of carboxylic acids is 1. The number of morpholine rings is 1. The fourth-order valence-electron chi connectivity index (χ4n) is 3.05. The van der Waals surface area contributed by atoms with Gasteiger partial charge < -0.3 is 14.7 Å². The minimum absolute atomic E-state index is 0.162. The summed E-state index contributed by atoms with van der Waals surface area (Å²) in [5.74, 6) is -1.43. The van der Waals surface area contributed by atoms with E-state index in [1.807, 2.05) is 35.7 Å². The number of amides is 1. The molecule has 2 aromatic heterocycles. The number of para-hydroxylation sites is 1. The largest absolute Gasteiger partial charge is 0.476 e. The summed E-state index contributed by atoms with van der Waals surface area (Å²) in [6.45, 7) is 1.30. The van der Waals surface area contributed by atoms with E-state index in [0.717, 1.165) is 4.88 Å². The van der Waals surface area contributed by atoms with Crippen molar-refractivity contribution in [3.8, 4) is 5.69 Å². The molecule has 1 saturated heterocycles. The van der Waals surface area contributed by atoms with Crippen molar-refractivity contribution in [3.63, 3.8) is 0 Å². The number of ether oxygens (including phenoxy) is 1. The number of hydrogen-bond acceptors (Lipinski definition) is 5. The minimum Gasteiger partial charge on any atom is -0.476 e. The Bertz CT molecular complexity index is 953. The maximum atomic E-state index is 13.2. The third-order valence-corrected chi connectivity index (χ3v) is 5.33. The molecule has 27 heavy (non-hydrogen) atoms. The third kappa shape index (κ3) is 3.49. The van der Waals surface area contributed by atoms with E-state index in [1.54, 1.807) is 28.4 Å². The molecule has 0 spiro atoms. The molecule has 1 atom stereocenters. The van der Waals surface area contributed by atoms with Gasteiger partial charge >= 0.3 is 5.97 Å². The standard InChI is InChI=1S/C19H17N3O4S/c23-18(21-8-9-26-16(12-21)17-7-4-10-27-17)15-11-14(19(24)25)20-22(15)13-5-2-1-3-6-13/h1-7,10-11,16H,8-9,12H2,(H,24,25). The van der Waals surface area contributed by atoms with Crippen LogP contribution in [0.25, 0.3) is 5.69 Å². The van der Waals surface area contributed by atoms with Gasteiger partial charge in [0.25, 0.3) is 5.91 Å². The van der Waals surface area contributed by atoms with Crippen LogP contribution >= 0.6 is 11.3 Å². The predicted molar refractivity (Wildman–Crippen MR) is 99.4 cm³/mol. The summed E-state index contributed by atoms with van der Waals surface area (Å²) in [5, 5.41) is 15.4. The van der Waals surface area contributed by atoms with E-state index in [-0.39, 0.29) is 23.4 Å². The van der Waals surface area contributed by atoms with Gasteiger partial charge in [0.1, 0.15) is 11.8 Å². The molecule has 0 bridgehead atoms. The first-order valence-electron chi connectivity index (χ1n) is 8.46. The van der Waals surface area contributed by atoms with E-state index in [2.05, 4.69) is 5.10 Å². The first-order chi connectivity index (χ1) is 13.1. The quantitative estimate of drug-likeness (QED) is 0.749. The van der Waals surface area contributed by atoms with Crippen molar-refractivity contribution in [1.29, 1.82) is 0 Å². The number of benzene rings is 1. The highest BCUT2D eigenvalue weighted by atomic mass is 32.1. The van der Waals surface area contributed by atoms with Crippen LogP contribution in [-0.4, -0.2) is 51.4 Å². The second kappa shape index (κ2) is 7.34. The molecule has 4 rings (SSSR count). The first kappa shape index (κ1) is 17.4. The topological polar surface area (TPSA) is 84.7 Å². The SMILES string of the molecule is O=C(O)c1cc(C(=O)N2CCOC(c3cccs3)C2)n(-c2ccccc2)n1. The zero-order chi connectivity index (χ0) is 18.8. The van der Waals surface area contributed by atoms with Crippen LogP contribution in [0.5, 0.6) is 0 Å². The number of aromatic nitrogens is 2. The Kier molecular flexibility index (Phi) is 4.74. The van der Waals surface area contributed by atoms with Crippen LogP contribution in [0.2, 0.25) is 0 Å². The normalized spacial score (nSPS) is 17.0. The molecule has 0 saturated carbocycles. The van der Waals surface area contributed by atoms with Crippen molar-refractivity contribution in [1.82, 2.24) is 14.7 Å². The molecule has 3 aromatic rings. The van der Waals surface area contributed by atoms with Crippen LogP contribution in [0.3, 0.4) is 0 Å². The van der Waals surface area contributed by atoms with Gasteiger partial charge in [-0.3, -0.25) is 4.79 Å². The fourth-order valence-corrected chi connectivity index (χ4v) is 3.81. The van der Waals surface area contributed by atoms with E-state index >= 15 is 0 Å². The average Bonchev–Trinajstić information content (AvgIpc) is 3.38. The number of nitrogens with zero attached hydrogens (tertiary/aromatic N) is 3. The van der Waals surface area contributed by atoms with Crippen LogP contribution in [-0.2, 0) is 4.74 Å². The van der Waals surface area contributed by atoms with Crippen molar-refractivity contribution in [3.05, 3.63) is 70.2 Å². The molecule has 1 fully saturated rings. The number of hydrogen-bond donors (Lipinski definition) is 1. The molecule has 1 amide bonds. The van der Waals surface area contributed by atoms with Crippen molar-refractivity contribution in [2.45, 2.75) is 6.10 Å². The number of carboxylic acid groups (broad SMARTS) is 1. The number of carbonyl (C=O) groups excluding carboxylic acids is 1. The van der Waals surface area contributed by atoms with Gasteiger partial charge in [-0.2, -0.15) is 5.10 Å². The number of aromatic carboxylic acids is 1. The van der Waals surface area contributed by atoms with Gasteiger partial charge in [0.05, 0.1) is 18.8 Å². The molecule has 7 nitrogen and oxygen atoms in total. The molecule has 1 aliphatic rings. The minimum atomic E-state index is -1.17. The van der Waals surface area contributed by atoms with Gasteiger partial charge in [0, 0.05) is 17.5 Å². The highest BCUT2D eigenvalue weighted by Gasteiger charge is 2.30. The summed E-state index contributed by atoms with van der Waals surface area (Å²) in [5.41, 5.74) is 0.701. The van der Waals surface area contributed by atoms with E-state index in [4.69, 9.17) is 4.74 Å². The molecule has 138 valence electrons. The lowest BCUT2D eigenvalue weighted by Gasteiger charge is -2.32. The molecule has 1 N–H and O–H groups in total. The summed E-state index contributed by atoms with van der Waals surface area (Å²) < 4.78 is 7.19. The Labute approximate surface area is 159 Å². The molecule has 1 aromatic carbocycles. The Morgan fingerprint density at radius 3 is 2.70 bits per heavy atom. The van der Waals surface area contributed by atoms with E-state index in [9.17, 15) is 14.7 Å². The lowest BCUT2D eigenvalue weighted by molar-refractivity contribution is -0.0214. The Morgan fingerprint density at radius 1 is 1.19 bits per heavy atom. The molecule has 3 heterocycles. The van der Waals surface area contributed by atoms with Crippen LogP contribution in [0.15, 0.2) is 53.9 Å². The Hall–Kier alpha value is -2.97. The highest BCUT2D eigenvalue weighted by Crippen LogP contribution is 2.27. The van der Waals surface area contributed by atoms with Crippen LogP contribution in [0.1, 0.15) is 32.0 Å². The smallest absolute Gasteiger partial charge is 0.356 e. The Morgan fingerprint density at radius 2 is 2.00 bits per heavy atom. The summed E-state index contributed by atoms with van der Waals surface area (Å²) in [7, 11) is 0. The van der Waals surface area contributed by atoms with E-state index in [1.165, 1.54) is 10.7 Å². The lowest BCUT2D eigenvalue weighted by atomic mass is 10.2. The summed E-state index contributed by atoms with van der Waals surface area (Å²) in [4.78, 5) is 27.3. The Balaban J connectivity index is 1.66. The summed E-state index contributed by atoms with van der Waals surface area (Å²) in [6, 6.07) is 14.3. The van der Waals surface area contributed by atoms with Gasteiger partial charge in [-0.15, -0.1) is 11.3 Å². The van der Waals surface area contributed by atoms with Crippen molar-refractivity contribution in [2.24, 2.45) is 0 Å². The second-order valence-electron chi connectivity index (χ2n) is 6.09. The molecule has 1 aliphatic heterocycles. The second-order valence-corrected chi connectivity index (χ2v) is 7.07. The van der Waals surface area contributed by atoms with Crippen LogP contribution < -0.4 is 0 Å². The predicted octanol–water partition coefficient (Wildman–Crippen LogP) is 2.85. The lowest BCUT2D eigenvalue weighted by Crippen LogP contribution is -2.42.